The average molecular weight is 230 g/mol. The van der Waals surface area contributed by atoms with Crippen LogP contribution in [-0.4, -0.2) is 30.0 Å². The molecule has 0 unspecified atom stereocenters. The molecule has 0 bridgehead atoms. The van der Waals surface area contributed by atoms with E-state index in [1.54, 1.807) is 11.8 Å². The van der Waals surface area contributed by atoms with Crippen molar-refractivity contribution >= 4 is 17.7 Å². The minimum Gasteiger partial charge on any atom is -0.354 e. The zero-order valence-electron chi connectivity index (χ0n) is 9.55. The maximum Gasteiger partial charge on any atom is 0.230 e. The Morgan fingerprint density at radius 3 is 2.47 bits per heavy atom. The van der Waals surface area contributed by atoms with Crippen molar-refractivity contribution in [2.75, 3.05) is 18.6 Å². The first kappa shape index (κ1) is 12.8. The summed E-state index contributed by atoms with van der Waals surface area (Å²) in [6, 6.07) is 0. The van der Waals surface area contributed by atoms with Crippen molar-refractivity contribution in [3.05, 3.63) is 0 Å². The van der Waals surface area contributed by atoms with Gasteiger partial charge in [0.15, 0.2) is 0 Å². The first-order valence-corrected chi connectivity index (χ1v) is 7.10. The molecule has 0 aromatic carbocycles. The maximum absolute atomic E-state index is 11.3. The lowest BCUT2D eigenvalue weighted by molar-refractivity contribution is -0.118. The van der Waals surface area contributed by atoms with E-state index in [0.717, 1.165) is 12.8 Å². The van der Waals surface area contributed by atoms with E-state index in [4.69, 9.17) is 5.73 Å². The molecule has 0 saturated heterocycles. The third-order valence-corrected chi connectivity index (χ3v) is 3.56. The van der Waals surface area contributed by atoms with Crippen LogP contribution in [0.1, 0.15) is 38.5 Å². The second-order valence-electron chi connectivity index (χ2n) is 4.49. The molecule has 0 aromatic heterocycles. The molecule has 1 aliphatic rings. The molecule has 0 aliphatic heterocycles. The molecule has 0 aromatic rings. The topological polar surface area (TPSA) is 55.1 Å². The van der Waals surface area contributed by atoms with Gasteiger partial charge in [0.05, 0.1) is 5.75 Å². The van der Waals surface area contributed by atoms with Gasteiger partial charge >= 0.3 is 0 Å². The molecule has 1 aliphatic carbocycles. The number of rotatable bonds is 4. The summed E-state index contributed by atoms with van der Waals surface area (Å²) in [5, 5.41) is 2.94. The largest absolute Gasteiger partial charge is 0.354 e. The van der Waals surface area contributed by atoms with Gasteiger partial charge in [0.25, 0.3) is 0 Å². The Bertz CT molecular complexity index is 201. The minimum absolute atomic E-state index is 0.108. The van der Waals surface area contributed by atoms with Gasteiger partial charge in [-0.1, -0.05) is 25.7 Å². The van der Waals surface area contributed by atoms with E-state index in [9.17, 15) is 4.79 Å². The highest BCUT2D eigenvalue weighted by molar-refractivity contribution is 7.99. The third kappa shape index (κ3) is 4.89. The SMILES string of the molecule is CSCC(=O)NCC1(N)CCCCCC1. The molecule has 0 spiro atoms. The van der Waals surface area contributed by atoms with Crippen LogP contribution < -0.4 is 11.1 Å². The average Bonchev–Trinajstić information content (AvgIpc) is 2.42. The molecule has 1 saturated carbocycles. The molecule has 88 valence electrons. The number of amides is 1. The van der Waals surface area contributed by atoms with E-state index < -0.39 is 0 Å². The Balaban J connectivity index is 2.30. The van der Waals surface area contributed by atoms with Gasteiger partial charge < -0.3 is 11.1 Å². The van der Waals surface area contributed by atoms with E-state index in [-0.39, 0.29) is 11.4 Å². The van der Waals surface area contributed by atoms with Crippen LogP contribution in [0.15, 0.2) is 0 Å². The van der Waals surface area contributed by atoms with Gasteiger partial charge in [-0.05, 0) is 19.1 Å². The van der Waals surface area contributed by atoms with Gasteiger partial charge in [0, 0.05) is 12.1 Å². The monoisotopic (exact) mass is 230 g/mol. The van der Waals surface area contributed by atoms with Crippen molar-refractivity contribution in [3.63, 3.8) is 0 Å². The van der Waals surface area contributed by atoms with Crippen molar-refractivity contribution < 1.29 is 4.79 Å². The molecule has 15 heavy (non-hydrogen) atoms. The van der Waals surface area contributed by atoms with Gasteiger partial charge in [-0.25, -0.2) is 0 Å². The van der Waals surface area contributed by atoms with Crippen LogP contribution in [0.3, 0.4) is 0 Å². The number of nitrogens with one attached hydrogen (secondary N) is 1. The highest BCUT2D eigenvalue weighted by Gasteiger charge is 2.26. The van der Waals surface area contributed by atoms with Crippen LogP contribution in [0.4, 0.5) is 0 Å². The summed E-state index contributed by atoms with van der Waals surface area (Å²) in [6.07, 6.45) is 9.02. The summed E-state index contributed by atoms with van der Waals surface area (Å²) in [6.45, 7) is 0.645. The normalized spacial score (nSPS) is 20.7. The molecule has 1 rings (SSSR count). The number of thioether (sulfide) groups is 1. The highest BCUT2D eigenvalue weighted by Crippen LogP contribution is 2.24. The molecular weight excluding hydrogens is 208 g/mol. The second-order valence-corrected chi connectivity index (χ2v) is 5.35. The van der Waals surface area contributed by atoms with Crippen molar-refractivity contribution in [1.82, 2.24) is 5.32 Å². The molecule has 3 nitrogen and oxygen atoms in total. The predicted octanol–water partition coefficient (Wildman–Crippen LogP) is 1.52. The first-order chi connectivity index (χ1) is 7.16. The van der Waals surface area contributed by atoms with Gasteiger partial charge in [0.2, 0.25) is 5.91 Å². The van der Waals surface area contributed by atoms with Crippen molar-refractivity contribution in [1.29, 1.82) is 0 Å². The number of carbonyl (C=O) groups excluding carboxylic acids is 1. The molecule has 0 radical (unpaired) electrons. The molecule has 1 amide bonds. The van der Waals surface area contributed by atoms with Crippen molar-refractivity contribution in [2.45, 2.75) is 44.1 Å². The Morgan fingerprint density at radius 2 is 1.93 bits per heavy atom. The van der Waals surface area contributed by atoms with Crippen LogP contribution in [-0.2, 0) is 4.79 Å². The maximum atomic E-state index is 11.3. The van der Waals surface area contributed by atoms with Gasteiger partial charge in [-0.3, -0.25) is 4.79 Å². The van der Waals surface area contributed by atoms with Crippen LogP contribution in [0.2, 0.25) is 0 Å². The summed E-state index contributed by atoms with van der Waals surface area (Å²) in [4.78, 5) is 11.3. The fraction of sp³-hybridized carbons (Fsp3) is 0.909. The van der Waals surface area contributed by atoms with Gasteiger partial charge in [-0.15, -0.1) is 0 Å². The fourth-order valence-corrected chi connectivity index (χ4v) is 2.43. The Kier molecular flexibility index (Phi) is 5.47. The second kappa shape index (κ2) is 6.38. The third-order valence-electron chi connectivity index (χ3n) is 3.01. The fourth-order valence-electron chi connectivity index (χ4n) is 2.07. The summed E-state index contributed by atoms with van der Waals surface area (Å²) >= 11 is 1.55. The Morgan fingerprint density at radius 1 is 1.33 bits per heavy atom. The lowest BCUT2D eigenvalue weighted by Crippen LogP contribution is -2.50. The quantitative estimate of drug-likeness (QED) is 0.720. The van der Waals surface area contributed by atoms with Crippen LogP contribution in [0.25, 0.3) is 0 Å². The Labute approximate surface area is 96.6 Å². The van der Waals surface area contributed by atoms with Gasteiger partial charge in [-0.2, -0.15) is 11.8 Å². The molecular formula is C11H22N2OS. The molecule has 0 heterocycles. The van der Waals surface area contributed by atoms with E-state index in [0.29, 0.717) is 12.3 Å². The summed E-state index contributed by atoms with van der Waals surface area (Å²) < 4.78 is 0. The van der Waals surface area contributed by atoms with Crippen LogP contribution in [0.5, 0.6) is 0 Å². The molecule has 4 heteroatoms. The number of hydrogen-bond acceptors (Lipinski definition) is 3. The number of nitrogens with two attached hydrogens (primary N) is 1. The van der Waals surface area contributed by atoms with E-state index in [2.05, 4.69) is 5.32 Å². The lowest BCUT2D eigenvalue weighted by Gasteiger charge is -2.28. The van der Waals surface area contributed by atoms with Crippen molar-refractivity contribution in [3.8, 4) is 0 Å². The van der Waals surface area contributed by atoms with Crippen LogP contribution in [0, 0.1) is 0 Å². The van der Waals surface area contributed by atoms with E-state index in [1.807, 2.05) is 6.26 Å². The van der Waals surface area contributed by atoms with Gasteiger partial charge in [0.1, 0.15) is 0 Å². The zero-order valence-corrected chi connectivity index (χ0v) is 10.4. The smallest absolute Gasteiger partial charge is 0.230 e. The standard InChI is InChI=1S/C11H22N2OS/c1-15-8-10(14)13-9-11(12)6-4-2-3-5-7-11/h2-9,12H2,1H3,(H,13,14). The summed E-state index contributed by atoms with van der Waals surface area (Å²) in [7, 11) is 0. The first-order valence-electron chi connectivity index (χ1n) is 5.71. The van der Waals surface area contributed by atoms with E-state index in [1.165, 1.54) is 25.7 Å². The van der Waals surface area contributed by atoms with Crippen molar-refractivity contribution in [2.24, 2.45) is 5.73 Å². The lowest BCUT2D eigenvalue weighted by atomic mass is 9.91. The molecule has 3 N–H and O–H groups in total. The minimum atomic E-state index is -0.148. The zero-order chi connectivity index (χ0) is 11.1. The number of carbonyl (C=O) groups is 1. The highest BCUT2D eigenvalue weighted by atomic mass is 32.2. The summed E-state index contributed by atoms with van der Waals surface area (Å²) in [5.74, 6) is 0.646. The summed E-state index contributed by atoms with van der Waals surface area (Å²) in [5.41, 5.74) is 6.13. The number of hydrogen-bond donors (Lipinski definition) is 2. The molecule has 0 atom stereocenters. The van der Waals surface area contributed by atoms with Crippen LogP contribution >= 0.6 is 11.8 Å². The molecule has 1 fully saturated rings. The predicted molar refractivity (Wildman–Crippen MR) is 66.0 cm³/mol. The van der Waals surface area contributed by atoms with E-state index >= 15 is 0 Å². The Hall–Kier alpha value is -0.220.